The van der Waals surface area contributed by atoms with Crippen molar-refractivity contribution in [3.8, 4) is 11.5 Å². The van der Waals surface area contributed by atoms with Crippen LogP contribution in [0.2, 0.25) is 0 Å². The molecule has 55 heavy (non-hydrogen) atoms. The molecule has 2 aromatic carbocycles. The van der Waals surface area contributed by atoms with Gasteiger partial charge in [0.05, 0.1) is 22.3 Å². The molecule has 10 nitrogen and oxygen atoms in total. The number of thioether (sulfide) groups is 1. The van der Waals surface area contributed by atoms with Gasteiger partial charge in [0.1, 0.15) is 11.5 Å². The van der Waals surface area contributed by atoms with Crippen LogP contribution in [0.4, 0.5) is 0 Å². The Morgan fingerprint density at radius 1 is 0.527 bits per heavy atom. The number of aliphatic carboxylic acids is 2. The number of rotatable bonds is 16. The zero-order chi connectivity index (χ0) is 42.5. The van der Waals surface area contributed by atoms with Crippen molar-refractivity contribution in [2.75, 3.05) is 13.1 Å². The van der Waals surface area contributed by atoms with Crippen LogP contribution in [0.1, 0.15) is 169 Å². The van der Waals surface area contributed by atoms with Crippen LogP contribution in [0, 0.1) is 0 Å². The molecule has 2 unspecified atom stereocenters. The van der Waals surface area contributed by atoms with Crippen molar-refractivity contribution in [1.29, 1.82) is 0 Å². The third-order valence-electron chi connectivity index (χ3n) is 10.1. The lowest BCUT2D eigenvalue weighted by Gasteiger charge is -2.45. The predicted octanol–water partition coefficient (Wildman–Crippen LogP) is 8.89. The summed E-state index contributed by atoms with van der Waals surface area (Å²) in [6, 6.07) is 7.35. The highest BCUT2D eigenvalue weighted by atomic mass is 32.2. The molecule has 0 aliphatic carbocycles. The van der Waals surface area contributed by atoms with Gasteiger partial charge in [-0.25, -0.2) is 0 Å². The second-order valence-corrected chi connectivity index (χ2v) is 20.7. The number of benzene rings is 2. The van der Waals surface area contributed by atoms with E-state index in [1.165, 1.54) is 11.8 Å². The molecule has 0 aromatic heterocycles. The van der Waals surface area contributed by atoms with Crippen molar-refractivity contribution in [2.24, 2.45) is 0 Å². The summed E-state index contributed by atoms with van der Waals surface area (Å²) in [4.78, 5) is 51.7. The summed E-state index contributed by atoms with van der Waals surface area (Å²) < 4.78 is -2.76. The van der Waals surface area contributed by atoms with Crippen LogP contribution in [0.5, 0.6) is 11.5 Å². The van der Waals surface area contributed by atoms with E-state index in [-0.39, 0.29) is 62.1 Å². The Hall–Kier alpha value is -3.73. The van der Waals surface area contributed by atoms with Crippen LogP contribution in [0.15, 0.2) is 24.3 Å². The maximum absolute atomic E-state index is 13.2. The molecular weight excluding hydrogens is 717 g/mol. The van der Waals surface area contributed by atoms with Crippen molar-refractivity contribution in [1.82, 2.24) is 10.6 Å². The number of carbonyl (C=O) groups is 4. The van der Waals surface area contributed by atoms with Crippen LogP contribution in [-0.2, 0) is 50.3 Å². The van der Waals surface area contributed by atoms with Gasteiger partial charge in [0.15, 0.2) is 0 Å². The SMILES string of the molecule is CCC(=O)NCCC(CC(=O)O)(SC(CCNC(=O)CC)(CC(=O)O)c1cc(C(C)(C)C)c(O)c(C(C)(C)C)c1)c1cc(C(C)(C)C)c(O)c(C(C)(C)C)c1. The number of aromatic hydroxyl groups is 2. The minimum absolute atomic E-state index is 0.0926. The second kappa shape index (κ2) is 17.6. The van der Waals surface area contributed by atoms with Crippen molar-refractivity contribution in [3.05, 3.63) is 57.6 Å². The minimum Gasteiger partial charge on any atom is -0.507 e. The molecule has 0 fully saturated rings. The standard InChI is InChI=1S/C44H68N2O8S/c1-15-33(47)45-19-17-43(25-35(49)50,27-21-29(39(3,4)5)37(53)30(22-27)40(6,7)8)55-44(26-36(51)52,18-20-46-34(48)16-2)28-23-31(41(9,10)11)38(54)32(24-28)42(12,13)14/h21-24,53-54H,15-20,25-26H2,1-14H3,(H,45,47)(H,46,48)(H,49,50)(H,51,52). The van der Waals surface area contributed by atoms with Gasteiger partial charge in [-0.2, -0.15) is 0 Å². The Morgan fingerprint density at radius 2 is 0.782 bits per heavy atom. The summed E-state index contributed by atoms with van der Waals surface area (Å²) in [6.45, 7) is 27.3. The lowest BCUT2D eigenvalue weighted by molar-refractivity contribution is -0.138. The van der Waals surface area contributed by atoms with Crippen LogP contribution in [0.25, 0.3) is 0 Å². The summed E-state index contributed by atoms with van der Waals surface area (Å²) in [7, 11) is 0. The molecule has 0 spiro atoms. The number of amides is 2. The van der Waals surface area contributed by atoms with Gasteiger partial charge in [0, 0.05) is 25.9 Å². The first-order chi connectivity index (χ1) is 24.9. The van der Waals surface area contributed by atoms with Crippen LogP contribution < -0.4 is 10.6 Å². The summed E-state index contributed by atoms with van der Waals surface area (Å²) in [5, 5.41) is 50.9. The summed E-state index contributed by atoms with van der Waals surface area (Å²) in [5.74, 6) is -2.46. The second-order valence-electron chi connectivity index (χ2n) is 19.0. The molecule has 11 heteroatoms. The number of nitrogens with one attached hydrogen (secondary N) is 2. The number of carboxylic acid groups (broad SMARTS) is 2. The van der Waals surface area contributed by atoms with Gasteiger partial charge < -0.3 is 31.1 Å². The smallest absolute Gasteiger partial charge is 0.305 e. The van der Waals surface area contributed by atoms with E-state index in [4.69, 9.17) is 0 Å². The third kappa shape index (κ3) is 12.1. The topological polar surface area (TPSA) is 173 Å². The molecule has 0 bridgehead atoms. The Morgan fingerprint density at radius 3 is 0.982 bits per heavy atom. The van der Waals surface area contributed by atoms with E-state index in [0.29, 0.717) is 33.4 Å². The van der Waals surface area contributed by atoms with E-state index < -0.39 is 55.9 Å². The molecule has 0 radical (unpaired) electrons. The fourth-order valence-electron chi connectivity index (χ4n) is 6.96. The average molecular weight is 785 g/mol. The van der Waals surface area contributed by atoms with E-state index in [1.807, 2.05) is 107 Å². The fraction of sp³-hybridized carbons (Fsp3) is 0.636. The lowest BCUT2D eigenvalue weighted by atomic mass is 9.76. The monoisotopic (exact) mass is 784 g/mol. The zero-order valence-electron chi connectivity index (χ0n) is 35.8. The Bertz CT molecular complexity index is 1530. The predicted molar refractivity (Wildman–Crippen MR) is 222 cm³/mol. The number of carboxylic acids is 2. The zero-order valence-corrected chi connectivity index (χ0v) is 36.6. The third-order valence-corrected chi connectivity index (χ3v) is 12.1. The number of carbonyl (C=O) groups excluding carboxylic acids is 2. The Balaban J connectivity index is 3.36. The molecule has 2 amide bonds. The average Bonchev–Trinajstić information content (AvgIpc) is 3.01. The molecule has 0 heterocycles. The summed E-state index contributed by atoms with van der Waals surface area (Å²) >= 11 is 1.23. The van der Waals surface area contributed by atoms with Crippen LogP contribution in [0.3, 0.4) is 0 Å². The van der Waals surface area contributed by atoms with E-state index in [0.717, 1.165) is 0 Å². The maximum atomic E-state index is 13.2. The maximum Gasteiger partial charge on any atom is 0.305 e. The van der Waals surface area contributed by atoms with E-state index >= 15 is 0 Å². The number of hydrogen-bond donors (Lipinski definition) is 6. The normalized spacial score (nSPS) is 14.8. The summed E-state index contributed by atoms with van der Waals surface area (Å²) in [6.07, 6.45) is -0.245. The Labute approximate surface area is 333 Å². The van der Waals surface area contributed by atoms with E-state index in [1.54, 1.807) is 13.8 Å². The molecule has 0 saturated heterocycles. The van der Waals surface area contributed by atoms with E-state index in [9.17, 15) is 39.6 Å². The van der Waals surface area contributed by atoms with Crippen LogP contribution in [-0.4, -0.2) is 57.3 Å². The first kappa shape index (κ1) is 47.4. The van der Waals surface area contributed by atoms with Gasteiger partial charge in [-0.05, 0) is 67.9 Å². The summed E-state index contributed by atoms with van der Waals surface area (Å²) in [5.41, 5.74) is 1.31. The van der Waals surface area contributed by atoms with Crippen LogP contribution >= 0.6 is 11.8 Å². The Kier molecular flexibility index (Phi) is 15.2. The van der Waals surface area contributed by atoms with Crippen molar-refractivity contribution < 1.29 is 39.6 Å². The van der Waals surface area contributed by atoms with E-state index in [2.05, 4.69) is 10.6 Å². The quantitative estimate of drug-likeness (QED) is 0.0972. The molecule has 0 saturated carbocycles. The molecule has 2 atom stereocenters. The van der Waals surface area contributed by atoms with Gasteiger partial charge in [-0.1, -0.05) is 121 Å². The number of hydrogen-bond acceptors (Lipinski definition) is 7. The van der Waals surface area contributed by atoms with Gasteiger partial charge in [0.2, 0.25) is 11.8 Å². The molecule has 308 valence electrons. The van der Waals surface area contributed by atoms with Crippen molar-refractivity contribution in [3.63, 3.8) is 0 Å². The van der Waals surface area contributed by atoms with Gasteiger partial charge in [0.25, 0.3) is 0 Å². The van der Waals surface area contributed by atoms with Crippen molar-refractivity contribution >= 4 is 35.5 Å². The highest BCUT2D eigenvalue weighted by molar-refractivity contribution is 8.01. The molecule has 2 aromatic rings. The number of phenols is 2. The fourth-order valence-corrected chi connectivity index (χ4v) is 8.98. The molecule has 6 N–H and O–H groups in total. The molecular formula is C44H68N2O8S. The molecule has 0 aliphatic rings. The highest BCUT2D eigenvalue weighted by Crippen LogP contribution is 2.59. The van der Waals surface area contributed by atoms with Gasteiger partial charge in [-0.3, -0.25) is 19.2 Å². The largest absolute Gasteiger partial charge is 0.507 e. The van der Waals surface area contributed by atoms with Gasteiger partial charge >= 0.3 is 11.9 Å². The minimum atomic E-state index is -1.38. The number of phenolic OH excluding ortho intramolecular Hbond substituents is 2. The molecule has 2 rings (SSSR count). The molecule has 0 aliphatic heterocycles. The first-order valence-electron chi connectivity index (χ1n) is 19.4. The van der Waals surface area contributed by atoms with Gasteiger partial charge in [-0.15, -0.1) is 11.8 Å². The highest BCUT2D eigenvalue weighted by Gasteiger charge is 2.48. The first-order valence-corrected chi connectivity index (χ1v) is 20.2. The lowest BCUT2D eigenvalue weighted by Crippen LogP contribution is -2.41. The van der Waals surface area contributed by atoms with Crippen molar-refractivity contribution in [2.45, 2.75) is 167 Å².